The molecule has 0 aromatic carbocycles. The lowest BCUT2D eigenvalue weighted by atomic mass is 10.2. The summed E-state index contributed by atoms with van der Waals surface area (Å²) in [6, 6.07) is 0.966. The minimum atomic E-state index is -0.564. The van der Waals surface area contributed by atoms with Gasteiger partial charge in [0.1, 0.15) is 0 Å². The lowest BCUT2D eigenvalue weighted by Crippen LogP contribution is -2.23. The number of pyridine rings is 1. The van der Waals surface area contributed by atoms with Crippen LogP contribution in [0.4, 0.5) is 11.5 Å². The number of rotatable bonds is 5. The van der Waals surface area contributed by atoms with E-state index in [0.717, 1.165) is 0 Å². The lowest BCUT2D eigenvalue weighted by molar-refractivity contribution is -0.384. The van der Waals surface area contributed by atoms with Crippen molar-refractivity contribution in [2.24, 2.45) is 0 Å². The molecule has 0 saturated carbocycles. The summed E-state index contributed by atoms with van der Waals surface area (Å²) in [6.07, 6.45) is 1.96. The number of nitro groups is 1. The highest BCUT2D eigenvalue weighted by molar-refractivity contribution is 6.30. The summed E-state index contributed by atoms with van der Waals surface area (Å²) < 4.78 is 0. The summed E-state index contributed by atoms with van der Waals surface area (Å²) in [6.45, 7) is 1.74. The van der Waals surface area contributed by atoms with E-state index in [0.29, 0.717) is 6.42 Å². The fraction of sp³-hybridized carbons (Fsp3) is 0.444. The minimum Gasteiger partial charge on any atom is -0.394 e. The van der Waals surface area contributed by atoms with Crippen LogP contribution in [0, 0.1) is 10.1 Å². The van der Waals surface area contributed by atoms with Crippen LogP contribution in [0.1, 0.15) is 13.3 Å². The highest BCUT2D eigenvalue weighted by Gasteiger charge is 2.18. The summed E-state index contributed by atoms with van der Waals surface area (Å²) in [5, 5.41) is 22.7. The molecule has 6 nitrogen and oxygen atoms in total. The molecular formula is C9H12ClN3O3. The van der Waals surface area contributed by atoms with Crippen molar-refractivity contribution >= 4 is 23.1 Å². The average Bonchev–Trinajstić information content (AvgIpc) is 2.27. The zero-order chi connectivity index (χ0) is 12.1. The summed E-state index contributed by atoms with van der Waals surface area (Å²) in [7, 11) is 0. The van der Waals surface area contributed by atoms with Crippen molar-refractivity contribution in [1.29, 1.82) is 0 Å². The summed E-state index contributed by atoms with van der Waals surface area (Å²) in [4.78, 5) is 14.0. The maximum atomic E-state index is 10.7. The molecule has 1 unspecified atom stereocenters. The number of hydrogen-bond acceptors (Lipinski definition) is 5. The highest BCUT2D eigenvalue weighted by Crippen LogP contribution is 2.25. The van der Waals surface area contributed by atoms with Gasteiger partial charge in [-0.3, -0.25) is 10.1 Å². The van der Waals surface area contributed by atoms with Gasteiger partial charge in [-0.05, 0) is 6.42 Å². The van der Waals surface area contributed by atoms with Crippen LogP contribution < -0.4 is 5.32 Å². The Kier molecular flexibility index (Phi) is 4.45. The highest BCUT2D eigenvalue weighted by atomic mass is 35.5. The average molecular weight is 246 g/mol. The number of nitrogens with zero attached hydrogens (tertiary/aromatic N) is 2. The second-order valence-electron chi connectivity index (χ2n) is 3.21. The first-order chi connectivity index (χ1) is 7.58. The van der Waals surface area contributed by atoms with Crippen LogP contribution in [0.3, 0.4) is 0 Å². The molecule has 1 aromatic rings. The maximum Gasteiger partial charge on any atom is 0.312 e. The molecule has 0 aliphatic heterocycles. The van der Waals surface area contributed by atoms with Crippen molar-refractivity contribution in [2.45, 2.75) is 19.4 Å². The molecule has 2 N–H and O–H groups in total. The molecule has 0 aliphatic carbocycles. The van der Waals surface area contributed by atoms with Gasteiger partial charge in [0.25, 0.3) is 0 Å². The Morgan fingerprint density at radius 1 is 1.75 bits per heavy atom. The van der Waals surface area contributed by atoms with E-state index in [9.17, 15) is 10.1 Å². The van der Waals surface area contributed by atoms with Gasteiger partial charge in [0.05, 0.1) is 22.6 Å². The predicted molar refractivity (Wildman–Crippen MR) is 60.7 cm³/mol. The molecule has 0 bridgehead atoms. The van der Waals surface area contributed by atoms with E-state index in [2.05, 4.69) is 10.3 Å². The van der Waals surface area contributed by atoms with E-state index in [-0.39, 0.29) is 29.2 Å². The van der Waals surface area contributed by atoms with Crippen LogP contribution in [-0.4, -0.2) is 27.7 Å². The van der Waals surface area contributed by atoms with E-state index in [1.807, 2.05) is 6.92 Å². The van der Waals surface area contributed by atoms with Gasteiger partial charge < -0.3 is 10.4 Å². The molecule has 0 saturated heterocycles. The Labute approximate surface area is 97.4 Å². The zero-order valence-corrected chi connectivity index (χ0v) is 9.44. The molecule has 1 aromatic heterocycles. The number of anilines is 1. The standard InChI is InChI=1S/C9H12ClN3O3/c1-2-7(5-14)12-9-8(13(15)16)3-6(10)4-11-9/h3-4,7,14H,2,5H2,1H3,(H,11,12). The van der Waals surface area contributed by atoms with Crippen LogP contribution in [0.5, 0.6) is 0 Å². The predicted octanol–water partition coefficient (Wildman–Crippen LogP) is 1.83. The largest absolute Gasteiger partial charge is 0.394 e. The van der Waals surface area contributed by atoms with Crippen LogP contribution in [0.25, 0.3) is 0 Å². The van der Waals surface area contributed by atoms with Crippen molar-refractivity contribution in [1.82, 2.24) is 4.98 Å². The van der Waals surface area contributed by atoms with Crippen molar-refractivity contribution in [2.75, 3.05) is 11.9 Å². The van der Waals surface area contributed by atoms with Crippen LogP contribution in [-0.2, 0) is 0 Å². The van der Waals surface area contributed by atoms with E-state index >= 15 is 0 Å². The number of aliphatic hydroxyl groups excluding tert-OH is 1. The van der Waals surface area contributed by atoms with Crippen LogP contribution in [0.2, 0.25) is 5.02 Å². The van der Waals surface area contributed by atoms with Gasteiger partial charge in [-0.25, -0.2) is 4.98 Å². The molecule has 1 heterocycles. The Balaban J connectivity index is 2.98. The van der Waals surface area contributed by atoms with E-state index < -0.39 is 4.92 Å². The molecule has 0 spiro atoms. The Morgan fingerprint density at radius 2 is 2.44 bits per heavy atom. The number of hydrogen-bond donors (Lipinski definition) is 2. The maximum absolute atomic E-state index is 10.7. The quantitative estimate of drug-likeness (QED) is 0.610. The number of aromatic nitrogens is 1. The molecule has 0 amide bonds. The minimum absolute atomic E-state index is 0.113. The first-order valence-corrected chi connectivity index (χ1v) is 5.13. The second-order valence-corrected chi connectivity index (χ2v) is 3.65. The van der Waals surface area contributed by atoms with Gasteiger partial charge in [-0.2, -0.15) is 0 Å². The van der Waals surface area contributed by atoms with Gasteiger partial charge >= 0.3 is 5.69 Å². The monoisotopic (exact) mass is 245 g/mol. The first-order valence-electron chi connectivity index (χ1n) is 4.75. The molecule has 0 fully saturated rings. The van der Waals surface area contributed by atoms with Gasteiger partial charge in [0.15, 0.2) is 0 Å². The van der Waals surface area contributed by atoms with Crippen molar-refractivity contribution in [3.05, 3.63) is 27.4 Å². The van der Waals surface area contributed by atoms with E-state index in [4.69, 9.17) is 16.7 Å². The second kappa shape index (κ2) is 5.62. The van der Waals surface area contributed by atoms with Crippen molar-refractivity contribution in [3.63, 3.8) is 0 Å². The summed E-state index contributed by atoms with van der Waals surface area (Å²) in [5.41, 5.74) is -0.195. The van der Waals surface area contributed by atoms with E-state index in [1.165, 1.54) is 12.3 Å². The smallest absolute Gasteiger partial charge is 0.312 e. The third-order valence-corrected chi connectivity index (χ3v) is 2.29. The normalized spacial score (nSPS) is 12.2. The van der Waals surface area contributed by atoms with Gasteiger partial charge in [-0.15, -0.1) is 0 Å². The first kappa shape index (κ1) is 12.7. The van der Waals surface area contributed by atoms with Gasteiger partial charge in [0, 0.05) is 12.3 Å². The molecule has 1 atom stereocenters. The fourth-order valence-corrected chi connectivity index (χ4v) is 1.30. The Hall–Kier alpha value is -1.40. The number of aliphatic hydroxyl groups is 1. The van der Waals surface area contributed by atoms with E-state index in [1.54, 1.807) is 0 Å². The molecule has 1 rings (SSSR count). The molecule has 88 valence electrons. The fourth-order valence-electron chi connectivity index (χ4n) is 1.15. The van der Waals surface area contributed by atoms with Crippen LogP contribution >= 0.6 is 11.6 Å². The molecular weight excluding hydrogens is 234 g/mol. The topological polar surface area (TPSA) is 88.3 Å². The molecule has 7 heteroatoms. The number of halogens is 1. The molecule has 0 aliphatic rings. The molecule has 16 heavy (non-hydrogen) atoms. The molecule has 0 radical (unpaired) electrons. The lowest BCUT2D eigenvalue weighted by Gasteiger charge is -2.14. The van der Waals surface area contributed by atoms with Gasteiger partial charge in [-0.1, -0.05) is 18.5 Å². The third-order valence-electron chi connectivity index (χ3n) is 2.08. The van der Waals surface area contributed by atoms with Crippen molar-refractivity contribution in [3.8, 4) is 0 Å². The van der Waals surface area contributed by atoms with Gasteiger partial charge in [0.2, 0.25) is 5.82 Å². The summed E-state index contributed by atoms with van der Waals surface area (Å²) >= 11 is 5.62. The Bertz CT molecular complexity index is 382. The van der Waals surface area contributed by atoms with Crippen LogP contribution in [0.15, 0.2) is 12.3 Å². The summed E-state index contributed by atoms with van der Waals surface area (Å²) in [5.74, 6) is 0.121. The Morgan fingerprint density at radius 3 is 2.94 bits per heavy atom. The number of nitrogens with one attached hydrogen (secondary N) is 1. The third kappa shape index (κ3) is 3.04. The SMILES string of the molecule is CCC(CO)Nc1ncc(Cl)cc1[N+](=O)[O-]. The van der Waals surface area contributed by atoms with Crippen molar-refractivity contribution < 1.29 is 10.0 Å². The zero-order valence-electron chi connectivity index (χ0n) is 8.68.